The van der Waals surface area contributed by atoms with Crippen molar-refractivity contribution >= 4 is 11.7 Å². The van der Waals surface area contributed by atoms with E-state index in [9.17, 15) is 4.79 Å². The summed E-state index contributed by atoms with van der Waals surface area (Å²) in [6.45, 7) is 1.03. The Morgan fingerprint density at radius 2 is 2.12 bits per heavy atom. The number of hydrogen-bond donors (Lipinski definition) is 1. The van der Waals surface area contributed by atoms with Crippen LogP contribution in [0.15, 0.2) is 51.6 Å². The number of anilines is 1. The van der Waals surface area contributed by atoms with E-state index >= 15 is 0 Å². The molecule has 25 heavy (non-hydrogen) atoms. The van der Waals surface area contributed by atoms with Gasteiger partial charge in [0, 0.05) is 13.1 Å². The van der Waals surface area contributed by atoms with Crippen LogP contribution in [0.5, 0.6) is 5.75 Å². The van der Waals surface area contributed by atoms with E-state index in [0.717, 1.165) is 0 Å². The predicted molar refractivity (Wildman–Crippen MR) is 88.3 cm³/mol. The molecule has 0 bridgehead atoms. The number of aromatic nitrogens is 2. The highest BCUT2D eigenvalue weighted by atomic mass is 16.5. The van der Waals surface area contributed by atoms with Gasteiger partial charge in [-0.2, -0.15) is 4.98 Å². The second-order valence-electron chi connectivity index (χ2n) is 5.67. The lowest BCUT2D eigenvalue weighted by Crippen LogP contribution is -2.50. The van der Waals surface area contributed by atoms with Crippen LogP contribution < -0.4 is 10.1 Å². The lowest BCUT2D eigenvalue weighted by molar-refractivity contribution is 0.147. The maximum Gasteiger partial charge on any atom is 0.321 e. The quantitative estimate of drug-likeness (QED) is 0.785. The molecule has 1 saturated heterocycles. The molecular weight excluding hydrogens is 324 g/mol. The first-order valence-electron chi connectivity index (χ1n) is 7.81. The molecule has 1 aliphatic heterocycles. The zero-order valence-corrected chi connectivity index (χ0v) is 13.5. The van der Waals surface area contributed by atoms with Crippen molar-refractivity contribution in [2.24, 2.45) is 0 Å². The third-order valence-electron chi connectivity index (χ3n) is 4.05. The molecule has 2 amide bonds. The second kappa shape index (κ2) is 6.31. The molecule has 1 fully saturated rings. The number of ether oxygens (including phenoxy) is 1. The molecule has 8 heteroatoms. The SMILES string of the molecule is COc1ccccc1NC(=O)N1CC(c2nc(-c3ccco3)no2)C1. The van der Waals surface area contributed by atoms with E-state index in [4.69, 9.17) is 13.7 Å². The molecule has 0 aliphatic carbocycles. The van der Waals surface area contributed by atoms with Gasteiger partial charge >= 0.3 is 6.03 Å². The van der Waals surface area contributed by atoms with Crippen LogP contribution in [0.3, 0.4) is 0 Å². The number of likely N-dealkylation sites (tertiary alicyclic amines) is 1. The average Bonchev–Trinajstić information content (AvgIpc) is 3.25. The minimum absolute atomic E-state index is 0.0274. The molecule has 1 N–H and O–H groups in total. The Bertz CT molecular complexity index is 868. The van der Waals surface area contributed by atoms with Gasteiger partial charge < -0.3 is 23.9 Å². The summed E-state index contributed by atoms with van der Waals surface area (Å²) in [5, 5.41) is 6.75. The molecular formula is C17H16N4O4. The van der Waals surface area contributed by atoms with Crippen molar-refractivity contribution in [3.8, 4) is 17.3 Å². The maximum atomic E-state index is 12.3. The van der Waals surface area contributed by atoms with Crippen molar-refractivity contribution < 1.29 is 18.5 Å². The molecule has 0 saturated carbocycles. The summed E-state index contributed by atoms with van der Waals surface area (Å²) in [5.74, 6) is 2.12. The monoisotopic (exact) mass is 340 g/mol. The molecule has 8 nitrogen and oxygen atoms in total. The van der Waals surface area contributed by atoms with Crippen LogP contribution in [-0.2, 0) is 0 Å². The Morgan fingerprint density at radius 1 is 1.28 bits per heavy atom. The lowest BCUT2D eigenvalue weighted by atomic mass is 10.0. The summed E-state index contributed by atoms with van der Waals surface area (Å²) in [7, 11) is 1.57. The van der Waals surface area contributed by atoms with Crippen LogP contribution >= 0.6 is 0 Å². The molecule has 1 aliphatic rings. The summed E-state index contributed by atoms with van der Waals surface area (Å²) in [4.78, 5) is 18.3. The van der Waals surface area contributed by atoms with Gasteiger partial charge in [0.1, 0.15) is 5.75 Å². The maximum absolute atomic E-state index is 12.3. The molecule has 0 atom stereocenters. The zero-order chi connectivity index (χ0) is 17.2. The van der Waals surface area contributed by atoms with E-state index in [-0.39, 0.29) is 11.9 Å². The summed E-state index contributed by atoms with van der Waals surface area (Å²) in [6, 6.07) is 10.6. The number of methoxy groups -OCH3 is 1. The number of furan rings is 1. The first-order chi connectivity index (χ1) is 12.2. The molecule has 1 aromatic carbocycles. The van der Waals surface area contributed by atoms with Crippen molar-refractivity contribution in [1.82, 2.24) is 15.0 Å². The Hall–Kier alpha value is -3.29. The van der Waals surface area contributed by atoms with Gasteiger partial charge in [-0.05, 0) is 24.3 Å². The van der Waals surface area contributed by atoms with Gasteiger partial charge in [0.25, 0.3) is 0 Å². The van der Waals surface area contributed by atoms with Crippen molar-refractivity contribution in [1.29, 1.82) is 0 Å². The third kappa shape index (κ3) is 2.93. The van der Waals surface area contributed by atoms with Crippen LogP contribution in [0.2, 0.25) is 0 Å². The van der Waals surface area contributed by atoms with Gasteiger partial charge in [-0.1, -0.05) is 17.3 Å². The van der Waals surface area contributed by atoms with Crippen molar-refractivity contribution in [3.05, 3.63) is 48.6 Å². The number of nitrogens with one attached hydrogen (secondary N) is 1. The molecule has 4 rings (SSSR count). The summed E-state index contributed by atoms with van der Waals surface area (Å²) in [6.07, 6.45) is 1.55. The topological polar surface area (TPSA) is 93.6 Å². The van der Waals surface area contributed by atoms with E-state index in [1.54, 1.807) is 42.5 Å². The summed E-state index contributed by atoms with van der Waals surface area (Å²) >= 11 is 0. The third-order valence-corrected chi connectivity index (χ3v) is 4.05. The van der Waals surface area contributed by atoms with Crippen LogP contribution in [0.1, 0.15) is 11.8 Å². The Morgan fingerprint density at radius 3 is 2.88 bits per heavy atom. The number of carbonyl (C=O) groups excluding carboxylic acids is 1. The van der Waals surface area contributed by atoms with Gasteiger partial charge in [-0.25, -0.2) is 4.79 Å². The number of benzene rings is 1. The van der Waals surface area contributed by atoms with Crippen LogP contribution in [0.4, 0.5) is 10.5 Å². The first-order valence-corrected chi connectivity index (χ1v) is 7.81. The van der Waals surface area contributed by atoms with Gasteiger partial charge in [0.15, 0.2) is 5.76 Å². The largest absolute Gasteiger partial charge is 0.495 e. The zero-order valence-electron chi connectivity index (χ0n) is 13.5. The number of amides is 2. The van der Waals surface area contributed by atoms with Crippen molar-refractivity contribution in [2.45, 2.75) is 5.92 Å². The predicted octanol–water partition coefficient (Wildman–Crippen LogP) is 2.97. The van der Waals surface area contributed by atoms with Gasteiger partial charge in [0.2, 0.25) is 11.7 Å². The normalized spacial score (nSPS) is 14.2. The Balaban J connectivity index is 1.36. The van der Waals surface area contributed by atoms with Crippen molar-refractivity contribution in [3.63, 3.8) is 0 Å². The second-order valence-corrected chi connectivity index (χ2v) is 5.67. The molecule has 3 aromatic rings. The fourth-order valence-corrected chi connectivity index (χ4v) is 2.65. The summed E-state index contributed by atoms with van der Waals surface area (Å²) < 4.78 is 15.7. The lowest BCUT2D eigenvalue weighted by Gasteiger charge is -2.36. The van der Waals surface area contributed by atoms with E-state index in [2.05, 4.69) is 15.5 Å². The molecule has 2 aromatic heterocycles. The number of rotatable bonds is 4. The van der Waals surface area contributed by atoms with Crippen LogP contribution in [0.25, 0.3) is 11.6 Å². The van der Waals surface area contributed by atoms with Gasteiger partial charge in [0.05, 0.1) is 25.0 Å². The fourth-order valence-electron chi connectivity index (χ4n) is 2.65. The highest BCUT2D eigenvalue weighted by Crippen LogP contribution is 2.29. The Kier molecular flexibility index (Phi) is 3.85. The van der Waals surface area contributed by atoms with E-state index < -0.39 is 0 Å². The number of urea groups is 1. The standard InChI is InChI=1S/C17H16N4O4/c1-23-13-6-3-2-5-12(13)18-17(22)21-9-11(10-21)16-19-15(20-25-16)14-7-4-8-24-14/h2-8,11H,9-10H2,1H3,(H,18,22). The van der Waals surface area contributed by atoms with Gasteiger partial charge in [-0.15, -0.1) is 0 Å². The molecule has 0 radical (unpaired) electrons. The number of carbonyl (C=O) groups is 1. The average molecular weight is 340 g/mol. The minimum atomic E-state index is -0.188. The van der Waals surface area contributed by atoms with Crippen LogP contribution in [0, 0.1) is 0 Å². The summed E-state index contributed by atoms with van der Waals surface area (Å²) in [5.41, 5.74) is 0.636. The minimum Gasteiger partial charge on any atom is -0.495 e. The van der Waals surface area contributed by atoms with E-state index in [1.165, 1.54) is 0 Å². The number of hydrogen-bond acceptors (Lipinski definition) is 6. The smallest absolute Gasteiger partial charge is 0.321 e. The van der Waals surface area contributed by atoms with Gasteiger partial charge in [-0.3, -0.25) is 0 Å². The number of para-hydroxylation sites is 2. The molecule has 3 heterocycles. The Labute approximate surface area is 143 Å². The van der Waals surface area contributed by atoms with E-state index in [1.807, 2.05) is 12.1 Å². The molecule has 128 valence electrons. The van der Waals surface area contributed by atoms with Crippen LogP contribution in [-0.4, -0.2) is 41.3 Å². The highest BCUT2D eigenvalue weighted by Gasteiger charge is 2.36. The van der Waals surface area contributed by atoms with Crippen molar-refractivity contribution in [2.75, 3.05) is 25.5 Å². The first kappa shape index (κ1) is 15.3. The molecule has 0 unspecified atom stereocenters. The molecule has 0 spiro atoms. The van der Waals surface area contributed by atoms with E-state index in [0.29, 0.717) is 42.0 Å². The number of nitrogens with zero attached hydrogens (tertiary/aromatic N) is 3. The highest BCUT2D eigenvalue weighted by molar-refractivity contribution is 5.91. The fraction of sp³-hybridized carbons (Fsp3) is 0.235.